The van der Waals surface area contributed by atoms with Gasteiger partial charge in [0.1, 0.15) is 17.3 Å². The van der Waals surface area contributed by atoms with Gasteiger partial charge in [0.05, 0.1) is 19.4 Å². The van der Waals surface area contributed by atoms with Crippen LogP contribution in [0.15, 0.2) is 48.5 Å². The zero-order valence-corrected chi connectivity index (χ0v) is 23.8. The normalized spacial score (nSPS) is 15.3. The third kappa shape index (κ3) is 5.27. The maximum absolute atomic E-state index is 14.7. The van der Waals surface area contributed by atoms with Crippen molar-refractivity contribution in [3.8, 4) is 22.8 Å². The van der Waals surface area contributed by atoms with Crippen molar-refractivity contribution in [3.05, 3.63) is 88.1 Å². The number of halogens is 4. The summed E-state index contributed by atoms with van der Waals surface area (Å²) in [5, 5.41) is 11.8. The fraction of sp³-hybridized carbons (Fsp3) is 0.312. The predicted molar refractivity (Wildman–Crippen MR) is 151 cm³/mol. The van der Waals surface area contributed by atoms with Crippen LogP contribution in [0.4, 0.5) is 23.4 Å². The third-order valence-electron chi connectivity index (χ3n) is 7.72. The van der Waals surface area contributed by atoms with Crippen LogP contribution >= 0.6 is 0 Å². The van der Waals surface area contributed by atoms with Crippen LogP contribution in [0.1, 0.15) is 53.9 Å². The molecule has 0 saturated carbocycles. The van der Waals surface area contributed by atoms with E-state index in [-0.39, 0.29) is 40.7 Å². The Balaban J connectivity index is 1.56. The van der Waals surface area contributed by atoms with Gasteiger partial charge in [-0.1, -0.05) is 26.5 Å². The van der Waals surface area contributed by atoms with Gasteiger partial charge in [0, 0.05) is 33.9 Å². The molecule has 1 aliphatic rings. The Morgan fingerprint density at radius 3 is 2.53 bits per heavy atom. The second-order valence-electron chi connectivity index (χ2n) is 11.2. The van der Waals surface area contributed by atoms with Crippen LogP contribution in [0.5, 0.6) is 11.5 Å². The molecule has 0 amide bonds. The van der Waals surface area contributed by atoms with Crippen LogP contribution in [0, 0.1) is 19.3 Å². The molecule has 0 bridgehead atoms. The topological polar surface area (TPSA) is 85.9 Å². The number of aryl methyl sites for hydroxylation is 1. The van der Waals surface area contributed by atoms with Gasteiger partial charge in [-0.2, -0.15) is 13.2 Å². The van der Waals surface area contributed by atoms with Gasteiger partial charge in [-0.15, -0.1) is 4.98 Å². The molecule has 3 heterocycles. The van der Waals surface area contributed by atoms with Crippen molar-refractivity contribution in [2.45, 2.75) is 50.8 Å². The minimum absolute atomic E-state index is 0.0423. The van der Waals surface area contributed by atoms with E-state index in [2.05, 4.69) is 14.8 Å². The lowest BCUT2D eigenvalue weighted by molar-refractivity contribution is -0.270. The average Bonchev–Trinajstić information content (AvgIpc) is 3.29. The minimum Gasteiger partial charge on any atom is -0.492 e. The van der Waals surface area contributed by atoms with E-state index in [4.69, 9.17) is 16.0 Å². The summed E-state index contributed by atoms with van der Waals surface area (Å²) >= 11 is 0. The number of aliphatic hydroxyl groups is 1. The van der Waals surface area contributed by atoms with Gasteiger partial charge in [-0.3, -0.25) is 4.79 Å². The molecule has 222 valence electrons. The summed E-state index contributed by atoms with van der Waals surface area (Å²) in [6.07, 6.45) is -6.89. The van der Waals surface area contributed by atoms with Crippen LogP contribution in [0.3, 0.4) is 0 Å². The maximum atomic E-state index is 14.7. The summed E-state index contributed by atoms with van der Waals surface area (Å²) in [5.41, 5.74) is -3.45. The lowest BCUT2D eigenvalue weighted by atomic mass is 9.83. The number of aromatic nitrogens is 2. The van der Waals surface area contributed by atoms with Crippen LogP contribution in [0.25, 0.3) is 27.0 Å². The number of fused-ring (bicyclic) bond motifs is 2. The van der Waals surface area contributed by atoms with Crippen molar-refractivity contribution < 1.29 is 36.9 Å². The first-order valence-corrected chi connectivity index (χ1v) is 13.3. The third-order valence-corrected chi connectivity index (χ3v) is 7.72. The molecule has 1 aliphatic heterocycles. The van der Waals surface area contributed by atoms with Gasteiger partial charge < -0.3 is 19.4 Å². The molecule has 1 N–H and O–H groups in total. The average molecular weight is 594 g/mol. The molecule has 4 aromatic rings. The van der Waals surface area contributed by atoms with Crippen LogP contribution in [-0.2, 0) is 11.0 Å². The molecule has 1 unspecified atom stereocenters. The first-order chi connectivity index (χ1) is 20.2. The van der Waals surface area contributed by atoms with E-state index >= 15 is 0 Å². The van der Waals surface area contributed by atoms with Gasteiger partial charge in [-0.25, -0.2) is 9.37 Å². The summed E-state index contributed by atoms with van der Waals surface area (Å²) in [7, 11) is 1.35. The van der Waals surface area contributed by atoms with E-state index in [1.807, 2.05) is 0 Å². The standard InChI is InChI=1S/C32H27F4N3O4/c1-17-12-18(6-8-22(17)33)28-29-21(30(2,3)16-43-29)15-25(38-28)31(41,32(34,35)36)11-10-23(40)20-13-19-7-9-26(37-4)39-27(19)24(14-20)42-5/h6-9,12-15,41H,10-11,16H2,1-3,5H3. The summed E-state index contributed by atoms with van der Waals surface area (Å²) in [6.45, 7) is 12.4. The Labute approximate surface area is 244 Å². The lowest BCUT2D eigenvalue weighted by Crippen LogP contribution is -2.43. The molecule has 7 nitrogen and oxygen atoms in total. The first kappa shape index (κ1) is 29.9. The fourth-order valence-electron chi connectivity index (χ4n) is 5.14. The molecule has 0 spiro atoms. The maximum Gasteiger partial charge on any atom is 0.422 e. The molecular weight excluding hydrogens is 566 g/mol. The van der Waals surface area contributed by atoms with Gasteiger partial charge in [0.2, 0.25) is 11.1 Å². The zero-order valence-electron chi connectivity index (χ0n) is 23.8. The van der Waals surface area contributed by atoms with Crippen LogP contribution < -0.4 is 9.47 Å². The number of pyridine rings is 2. The van der Waals surface area contributed by atoms with E-state index in [0.29, 0.717) is 22.0 Å². The number of ether oxygens (including phenoxy) is 2. The highest BCUT2D eigenvalue weighted by molar-refractivity contribution is 6.01. The molecule has 43 heavy (non-hydrogen) atoms. The number of benzene rings is 2. The molecule has 0 aliphatic carbocycles. The highest BCUT2D eigenvalue weighted by Gasteiger charge is 2.56. The Bertz CT molecular complexity index is 1810. The smallest absolute Gasteiger partial charge is 0.422 e. The number of methoxy groups -OCH3 is 1. The zero-order chi connectivity index (χ0) is 31.3. The molecule has 2 aromatic heterocycles. The van der Waals surface area contributed by atoms with Crippen molar-refractivity contribution in [2.75, 3.05) is 13.7 Å². The first-order valence-electron chi connectivity index (χ1n) is 13.3. The van der Waals surface area contributed by atoms with Crippen molar-refractivity contribution in [1.82, 2.24) is 9.97 Å². The van der Waals surface area contributed by atoms with Gasteiger partial charge in [0.25, 0.3) is 5.82 Å². The number of alkyl halides is 3. The largest absolute Gasteiger partial charge is 0.492 e. The number of Topliss-reactive ketones (excluding diaryl/α,β-unsaturated/α-hetero) is 1. The van der Waals surface area contributed by atoms with Crippen molar-refractivity contribution in [2.24, 2.45) is 0 Å². The fourth-order valence-corrected chi connectivity index (χ4v) is 5.14. The summed E-state index contributed by atoms with van der Waals surface area (Å²) in [5.74, 6) is -0.601. The lowest BCUT2D eigenvalue weighted by Gasteiger charge is -2.31. The molecular formula is C32H27F4N3O4. The number of hydrogen-bond donors (Lipinski definition) is 1. The SMILES string of the molecule is [C-]#[N+]c1ccc2cc(C(=O)CCC(O)(c3cc4c(c(-c5ccc(F)c(C)c5)n3)OCC4(C)C)C(F)(F)F)cc(OC)c2n1. The molecule has 1 atom stereocenters. The van der Waals surface area contributed by atoms with E-state index < -0.39 is 47.3 Å². The summed E-state index contributed by atoms with van der Waals surface area (Å²) < 4.78 is 69.3. The van der Waals surface area contributed by atoms with E-state index in [1.165, 1.54) is 56.5 Å². The molecule has 0 fully saturated rings. The van der Waals surface area contributed by atoms with E-state index in [0.717, 1.165) is 0 Å². The second-order valence-corrected chi connectivity index (χ2v) is 11.2. The Hall–Kier alpha value is -4.56. The highest BCUT2D eigenvalue weighted by atomic mass is 19.4. The van der Waals surface area contributed by atoms with Crippen molar-refractivity contribution in [1.29, 1.82) is 0 Å². The molecule has 2 aromatic carbocycles. The summed E-state index contributed by atoms with van der Waals surface area (Å²) in [4.78, 5) is 25.0. The minimum atomic E-state index is -5.20. The van der Waals surface area contributed by atoms with E-state index in [1.54, 1.807) is 19.9 Å². The van der Waals surface area contributed by atoms with Crippen molar-refractivity contribution in [3.63, 3.8) is 0 Å². The number of nitrogens with zero attached hydrogens (tertiary/aromatic N) is 3. The molecule has 0 radical (unpaired) electrons. The number of carbonyl (C=O) groups is 1. The summed E-state index contributed by atoms with van der Waals surface area (Å²) in [6, 6.07) is 11.0. The Kier molecular flexibility index (Phi) is 7.38. The van der Waals surface area contributed by atoms with E-state index in [9.17, 15) is 27.5 Å². The number of hydrogen-bond acceptors (Lipinski definition) is 6. The monoisotopic (exact) mass is 593 g/mol. The Morgan fingerprint density at radius 2 is 1.88 bits per heavy atom. The number of rotatable bonds is 7. The number of carbonyl (C=O) groups excluding carboxylic acids is 1. The van der Waals surface area contributed by atoms with Gasteiger partial charge in [-0.05, 0) is 61.4 Å². The number of ketones is 1. The van der Waals surface area contributed by atoms with Gasteiger partial charge in [0.15, 0.2) is 11.5 Å². The molecule has 0 saturated heterocycles. The van der Waals surface area contributed by atoms with Crippen molar-refractivity contribution >= 4 is 22.5 Å². The van der Waals surface area contributed by atoms with Crippen LogP contribution in [0.2, 0.25) is 0 Å². The molecule has 5 rings (SSSR count). The quantitative estimate of drug-likeness (QED) is 0.137. The second kappa shape index (κ2) is 10.6. The van der Waals surface area contributed by atoms with Gasteiger partial charge >= 0.3 is 6.18 Å². The predicted octanol–water partition coefficient (Wildman–Crippen LogP) is 7.39. The van der Waals surface area contributed by atoms with Crippen LogP contribution in [-0.4, -0.2) is 40.8 Å². The molecule has 11 heteroatoms. The Morgan fingerprint density at radius 1 is 1.14 bits per heavy atom. The highest BCUT2D eigenvalue weighted by Crippen LogP contribution is 2.49.